The maximum Gasteiger partial charge on any atom is 0.337 e. The summed E-state index contributed by atoms with van der Waals surface area (Å²) < 4.78 is 4.72. The van der Waals surface area contributed by atoms with Crippen LogP contribution in [-0.4, -0.2) is 50.2 Å². The lowest BCUT2D eigenvalue weighted by molar-refractivity contribution is 0.0600. The highest BCUT2D eigenvalue weighted by molar-refractivity contribution is 5.91. The normalized spacial score (nSPS) is 14.0. The molecule has 0 saturated carbocycles. The van der Waals surface area contributed by atoms with Crippen molar-refractivity contribution in [2.75, 3.05) is 43.5 Å². The van der Waals surface area contributed by atoms with E-state index in [2.05, 4.69) is 10.2 Å². The largest absolute Gasteiger partial charge is 0.465 e. The fraction of sp³-hybridized carbons (Fsp3) is 0.333. The zero-order chi connectivity index (χ0) is 19.4. The van der Waals surface area contributed by atoms with Crippen molar-refractivity contribution in [2.24, 2.45) is 0 Å². The second kappa shape index (κ2) is 8.12. The molecule has 0 unspecified atom stereocenters. The average Bonchev–Trinajstić information content (AvgIpc) is 2.70. The van der Waals surface area contributed by atoms with Crippen LogP contribution in [0.1, 0.15) is 21.5 Å². The molecule has 2 amide bonds. The van der Waals surface area contributed by atoms with E-state index < -0.39 is 0 Å². The zero-order valence-corrected chi connectivity index (χ0v) is 16.0. The molecule has 6 heteroatoms. The predicted octanol–water partition coefficient (Wildman–Crippen LogP) is 3.44. The number of rotatable bonds is 3. The Morgan fingerprint density at radius 2 is 1.63 bits per heavy atom. The highest BCUT2D eigenvalue weighted by Crippen LogP contribution is 2.20. The zero-order valence-electron chi connectivity index (χ0n) is 16.0. The van der Waals surface area contributed by atoms with Crippen LogP contribution in [0.4, 0.5) is 16.2 Å². The number of hydrogen-bond donors (Lipinski definition) is 1. The molecule has 3 rings (SSSR count). The van der Waals surface area contributed by atoms with Gasteiger partial charge in [0.05, 0.1) is 12.7 Å². The van der Waals surface area contributed by atoms with E-state index in [0.29, 0.717) is 18.7 Å². The number of amides is 2. The molecule has 1 fully saturated rings. The molecule has 6 nitrogen and oxygen atoms in total. The Kier molecular flexibility index (Phi) is 5.64. The topological polar surface area (TPSA) is 61.9 Å². The summed E-state index contributed by atoms with van der Waals surface area (Å²) in [5.74, 6) is -0.338. The fourth-order valence-electron chi connectivity index (χ4n) is 3.16. The van der Waals surface area contributed by atoms with Crippen molar-refractivity contribution in [3.05, 3.63) is 59.2 Å². The molecule has 1 saturated heterocycles. The lowest BCUT2D eigenvalue weighted by Gasteiger charge is -2.36. The molecule has 0 bridgehead atoms. The third-order valence-electron chi connectivity index (χ3n) is 4.86. The predicted molar refractivity (Wildman–Crippen MR) is 107 cm³/mol. The monoisotopic (exact) mass is 367 g/mol. The molecule has 27 heavy (non-hydrogen) atoms. The molecule has 0 spiro atoms. The van der Waals surface area contributed by atoms with Crippen LogP contribution in [-0.2, 0) is 4.74 Å². The van der Waals surface area contributed by atoms with Gasteiger partial charge in [0, 0.05) is 37.6 Å². The minimum absolute atomic E-state index is 0.0654. The van der Waals surface area contributed by atoms with Crippen LogP contribution in [0.5, 0.6) is 0 Å². The van der Waals surface area contributed by atoms with E-state index in [1.54, 1.807) is 12.1 Å². The third-order valence-corrected chi connectivity index (χ3v) is 4.86. The second-order valence-electron chi connectivity index (χ2n) is 6.76. The van der Waals surface area contributed by atoms with E-state index in [1.165, 1.54) is 7.11 Å². The molecule has 1 N–H and O–H groups in total. The number of esters is 1. The standard InChI is InChI=1S/C21H25N3O3/c1-15-4-5-16(2)19(14-15)22-21(26)24-12-10-23(11-13-24)18-8-6-17(7-9-18)20(25)27-3/h4-9,14H,10-13H2,1-3H3,(H,22,26). The number of urea groups is 1. The van der Waals surface area contributed by atoms with Gasteiger partial charge in [-0.3, -0.25) is 0 Å². The number of carbonyl (C=O) groups is 2. The van der Waals surface area contributed by atoms with Crippen LogP contribution in [0.15, 0.2) is 42.5 Å². The number of methoxy groups -OCH3 is 1. The second-order valence-corrected chi connectivity index (χ2v) is 6.76. The molecular weight excluding hydrogens is 342 g/mol. The molecule has 1 aliphatic rings. The van der Waals surface area contributed by atoms with Gasteiger partial charge in [-0.05, 0) is 55.3 Å². The maximum atomic E-state index is 12.6. The Hall–Kier alpha value is -3.02. The Balaban J connectivity index is 1.57. The number of nitrogens with one attached hydrogen (secondary N) is 1. The molecule has 0 atom stereocenters. The van der Waals surface area contributed by atoms with E-state index in [1.807, 2.05) is 49.1 Å². The molecule has 0 aromatic heterocycles. The maximum absolute atomic E-state index is 12.6. The van der Waals surface area contributed by atoms with Gasteiger partial charge in [-0.1, -0.05) is 12.1 Å². The summed E-state index contributed by atoms with van der Waals surface area (Å²) in [5.41, 5.74) is 4.61. The van der Waals surface area contributed by atoms with Crippen molar-refractivity contribution in [1.29, 1.82) is 0 Å². The van der Waals surface area contributed by atoms with Gasteiger partial charge < -0.3 is 19.9 Å². The number of ether oxygens (including phenoxy) is 1. The summed E-state index contributed by atoms with van der Waals surface area (Å²) in [7, 11) is 1.37. The summed E-state index contributed by atoms with van der Waals surface area (Å²) in [6, 6.07) is 13.3. The Bertz CT molecular complexity index is 825. The van der Waals surface area contributed by atoms with Crippen LogP contribution in [0.3, 0.4) is 0 Å². The third kappa shape index (κ3) is 4.39. The first-order chi connectivity index (χ1) is 13.0. The van der Waals surface area contributed by atoms with Crippen molar-refractivity contribution in [3.63, 3.8) is 0 Å². The molecule has 142 valence electrons. The van der Waals surface area contributed by atoms with Crippen LogP contribution in [0.2, 0.25) is 0 Å². The molecule has 0 radical (unpaired) electrons. The van der Waals surface area contributed by atoms with Gasteiger partial charge in [0.1, 0.15) is 0 Å². The number of piperazine rings is 1. The number of aryl methyl sites for hydroxylation is 2. The van der Waals surface area contributed by atoms with Crippen LogP contribution in [0, 0.1) is 13.8 Å². The Morgan fingerprint density at radius 3 is 2.26 bits per heavy atom. The van der Waals surface area contributed by atoms with E-state index in [-0.39, 0.29) is 12.0 Å². The minimum atomic E-state index is -0.338. The van der Waals surface area contributed by atoms with Gasteiger partial charge in [0.2, 0.25) is 0 Å². The van der Waals surface area contributed by atoms with Gasteiger partial charge >= 0.3 is 12.0 Å². The lowest BCUT2D eigenvalue weighted by Crippen LogP contribution is -2.50. The quantitative estimate of drug-likeness (QED) is 0.844. The molecule has 2 aromatic rings. The Labute approximate surface area is 159 Å². The van der Waals surface area contributed by atoms with Crippen LogP contribution >= 0.6 is 0 Å². The van der Waals surface area contributed by atoms with E-state index in [0.717, 1.165) is 35.6 Å². The van der Waals surface area contributed by atoms with Crippen LogP contribution in [0.25, 0.3) is 0 Å². The first-order valence-corrected chi connectivity index (χ1v) is 9.04. The van der Waals surface area contributed by atoms with E-state index in [9.17, 15) is 9.59 Å². The number of nitrogens with zero attached hydrogens (tertiary/aromatic N) is 2. The summed E-state index contributed by atoms with van der Waals surface area (Å²) in [6.45, 7) is 6.80. The highest BCUT2D eigenvalue weighted by Gasteiger charge is 2.22. The van der Waals surface area contributed by atoms with Crippen molar-refractivity contribution < 1.29 is 14.3 Å². The van der Waals surface area contributed by atoms with Gasteiger partial charge in [-0.25, -0.2) is 9.59 Å². The first-order valence-electron chi connectivity index (χ1n) is 9.04. The number of carbonyl (C=O) groups excluding carboxylic acids is 2. The lowest BCUT2D eigenvalue weighted by atomic mass is 10.1. The number of anilines is 2. The molecule has 2 aromatic carbocycles. The summed E-state index contributed by atoms with van der Waals surface area (Å²) in [4.78, 5) is 28.1. The van der Waals surface area contributed by atoms with E-state index in [4.69, 9.17) is 4.74 Å². The van der Waals surface area contributed by atoms with Gasteiger partial charge in [0.25, 0.3) is 0 Å². The fourth-order valence-corrected chi connectivity index (χ4v) is 3.16. The number of hydrogen-bond acceptors (Lipinski definition) is 4. The summed E-state index contributed by atoms with van der Waals surface area (Å²) in [6.07, 6.45) is 0. The van der Waals surface area contributed by atoms with Crippen molar-refractivity contribution in [2.45, 2.75) is 13.8 Å². The average molecular weight is 367 g/mol. The molecule has 1 aliphatic heterocycles. The van der Waals surface area contributed by atoms with Crippen molar-refractivity contribution in [3.8, 4) is 0 Å². The molecular formula is C21H25N3O3. The SMILES string of the molecule is COC(=O)c1ccc(N2CCN(C(=O)Nc3cc(C)ccc3C)CC2)cc1. The minimum Gasteiger partial charge on any atom is -0.465 e. The highest BCUT2D eigenvalue weighted by atomic mass is 16.5. The van der Waals surface area contributed by atoms with Gasteiger partial charge in [-0.15, -0.1) is 0 Å². The Morgan fingerprint density at radius 1 is 0.963 bits per heavy atom. The molecule has 1 heterocycles. The van der Waals surface area contributed by atoms with Crippen molar-refractivity contribution >= 4 is 23.4 Å². The first kappa shape index (κ1) is 18.8. The van der Waals surface area contributed by atoms with E-state index >= 15 is 0 Å². The summed E-state index contributed by atoms with van der Waals surface area (Å²) >= 11 is 0. The van der Waals surface area contributed by atoms with Crippen LogP contribution < -0.4 is 10.2 Å². The van der Waals surface area contributed by atoms with Gasteiger partial charge in [0.15, 0.2) is 0 Å². The van der Waals surface area contributed by atoms with Gasteiger partial charge in [-0.2, -0.15) is 0 Å². The smallest absolute Gasteiger partial charge is 0.337 e. The molecule has 0 aliphatic carbocycles. The number of benzene rings is 2. The van der Waals surface area contributed by atoms with Crippen molar-refractivity contribution in [1.82, 2.24) is 4.90 Å². The summed E-state index contributed by atoms with van der Waals surface area (Å²) in [5, 5.41) is 3.02.